The van der Waals surface area contributed by atoms with E-state index in [9.17, 15) is 18.0 Å². The summed E-state index contributed by atoms with van der Waals surface area (Å²) in [6.45, 7) is 2.45. The maximum absolute atomic E-state index is 15.0. The predicted molar refractivity (Wildman–Crippen MR) is 86.6 cm³/mol. The van der Waals surface area contributed by atoms with E-state index in [0.717, 1.165) is 18.2 Å². The average Bonchev–Trinajstić information content (AvgIpc) is 3.01. The number of benzene rings is 1. The molecule has 0 unspecified atom stereocenters. The van der Waals surface area contributed by atoms with Crippen LogP contribution in [0, 0.1) is 0 Å². The lowest BCUT2D eigenvalue weighted by Crippen LogP contribution is -2.48. The van der Waals surface area contributed by atoms with Gasteiger partial charge < -0.3 is 15.1 Å². The zero-order chi connectivity index (χ0) is 18.9. The highest BCUT2D eigenvalue weighted by molar-refractivity contribution is 5.65. The number of hydrogen-bond donors (Lipinski definition) is 3. The highest BCUT2D eigenvalue weighted by Crippen LogP contribution is 2.38. The van der Waals surface area contributed by atoms with E-state index in [-0.39, 0.29) is 30.0 Å². The van der Waals surface area contributed by atoms with Crippen molar-refractivity contribution >= 4 is 5.69 Å². The minimum absolute atomic E-state index is 0.142. The lowest BCUT2D eigenvalue weighted by Gasteiger charge is -2.36. The molecule has 10 heteroatoms. The highest BCUT2D eigenvalue weighted by Gasteiger charge is 2.40. The molecule has 0 aliphatic carbocycles. The Labute approximate surface area is 146 Å². The number of aromatic nitrogens is 2. The average molecular weight is 374 g/mol. The van der Waals surface area contributed by atoms with Crippen LogP contribution in [0.3, 0.4) is 0 Å². The van der Waals surface area contributed by atoms with E-state index in [1.807, 2.05) is 5.10 Å². The summed E-state index contributed by atoms with van der Waals surface area (Å²) < 4.78 is 59.8. The van der Waals surface area contributed by atoms with Crippen LogP contribution in [-0.4, -0.2) is 35.0 Å². The van der Waals surface area contributed by atoms with Crippen LogP contribution in [0.2, 0.25) is 0 Å². The molecule has 1 aliphatic rings. The summed E-state index contributed by atoms with van der Waals surface area (Å²) in [7, 11) is 0. The Hall–Kier alpha value is -2.36. The third-order valence-electron chi connectivity index (χ3n) is 4.59. The first-order chi connectivity index (χ1) is 12.2. The second kappa shape index (κ2) is 6.75. The number of piperidine rings is 1. The molecule has 2 heterocycles. The summed E-state index contributed by atoms with van der Waals surface area (Å²) >= 11 is 0. The Balaban J connectivity index is 1.95. The van der Waals surface area contributed by atoms with Gasteiger partial charge in [-0.15, -0.1) is 5.10 Å². The SMILES string of the molecule is C[C@H](Nc1cc(-c2n[nH]c(=O)o2)ccc1C(F)(F)F)C1(F)CCNCC1. The van der Waals surface area contributed by atoms with Crippen molar-refractivity contribution < 1.29 is 22.0 Å². The van der Waals surface area contributed by atoms with Gasteiger partial charge in [-0.1, -0.05) is 0 Å². The van der Waals surface area contributed by atoms with Gasteiger partial charge in [-0.3, -0.25) is 0 Å². The summed E-state index contributed by atoms with van der Waals surface area (Å²) in [6.07, 6.45) is -4.21. The quantitative estimate of drug-likeness (QED) is 0.717. The Bertz CT molecular complexity index is 824. The second-order valence-corrected chi connectivity index (χ2v) is 6.33. The van der Waals surface area contributed by atoms with E-state index in [2.05, 4.69) is 15.7 Å². The minimum atomic E-state index is -4.62. The standard InChI is InChI=1S/C16H18F4N4O2/c1-9(15(17)4-6-21-7-5-15)22-12-8-10(13-23-24-14(25)26-13)2-3-11(12)16(18,19)20/h2-3,8-9,21-22H,4-7H2,1H3,(H,24,25)/t9-/m0/s1. The van der Waals surface area contributed by atoms with Crippen LogP contribution in [0.5, 0.6) is 0 Å². The van der Waals surface area contributed by atoms with E-state index in [4.69, 9.17) is 4.42 Å². The van der Waals surface area contributed by atoms with Gasteiger partial charge in [-0.05, 0) is 51.1 Å². The number of nitrogens with one attached hydrogen (secondary N) is 3. The lowest BCUT2D eigenvalue weighted by atomic mass is 9.87. The van der Waals surface area contributed by atoms with Crippen LogP contribution in [0.1, 0.15) is 25.3 Å². The summed E-state index contributed by atoms with van der Waals surface area (Å²) in [5.41, 5.74) is -2.67. The third kappa shape index (κ3) is 3.74. The zero-order valence-corrected chi connectivity index (χ0v) is 13.9. The van der Waals surface area contributed by atoms with Gasteiger partial charge in [0.2, 0.25) is 5.89 Å². The van der Waals surface area contributed by atoms with Crippen molar-refractivity contribution in [2.24, 2.45) is 0 Å². The van der Waals surface area contributed by atoms with Gasteiger partial charge in [0.15, 0.2) is 0 Å². The first kappa shape index (κ1) is 18.4. The molecule has 0 saturated carbocycles. The molecule has 1 saturated heterocycles. The maximum Gasteiger partial charge on any atom is 0.434 e. The Morgan fingerprint density at radius 2 is 2.00 bits per heavy atom. The van der Waals surface area contributed by atoms with Gasteiger partial charge >= 0.3 is 11.9 Å². The second-order valence-electron chi connectivity index (χ2n) is 6.33. The molecule has 0 bridgehead atoms. The van der Waals surface area contributed by atoms with E-state index in [1.54, 1.807) is 0 Å². The summed E-state index contributed by atoms with van der Waals surface area (Å²) in [5.74, 6) is -0.962. The zero-order valence-electron chi connectivity index (χ0n) is 13.9. The topological polar surface area (TPSA) is 83.0 Å². The number of rotatable bonds is 4. The first-order valence-corrected chi connectivity index (χ1v) is 8.12. The molecule has 26 heavy (non-hydrogen) atoms. The van der Waals surface area contributed by atoms with Crippen molar-refractivity contribution in [3.63, 3.8) is 0 Å². The predicted octanol–water partition coefficient (Wildman–Crippen LogP) is 2.94. The van der Waals surface area contributed by atoms with Crippen molar-refractivity contribution in [2.75, 3.05) is 18.4 Å². The first-order valence-electron chi connectivity index (χ1n) is 8.12. The van der Waals surface area contributed by atoms with E-state index in [1.165, 1.54) is 6.92 Å². The van der Waals surface area contributed by atoms with Crippen LogP contribution in [-0.2, 0) is 6.18 Å². The molecule has 1 fully saturated rings. The minimum Gasteiger partial charge on any atom is -0.388 e. The van der Waals surface area contributed by atoms with Crippen molar-refractivity contribution in [3.05, 3.63) is 34.3 Å². The maximum atomic E-state index is 15.0. The summed E-state index contributed by atoms with van der Waals surface area (Å²) in [6, 6.07) is 2.31. The molecule has 1 aliphatic heterocycles. The number of hydrogen-bond acceptors (Lipinski definition) is 5. The van der Waals surface area contributed by atoms with Crippen LogP contribution in [0.25, 0.3) is 11.5 Å². The van der Waals surface area contributed by atoms with Gasteiger partial charge in [0.1, 0.15) is 5.67 Å². The highest BCUT2D eigenvalue weighted by atomic mass is 19.4. The Morgan fingerprint density at radius 3 is 2.58 bits per heavy atom. The van der Waals surface area contributed by atoms with Gasteiger partial charge in [0.25, 0.3) is 0 Å². The third-order valence-corrected chi connectivity index (χ3v) is 4.59. The van der Waals surface area contributed by atoms with Crippen LogP contribution < -0.4 is 16.4 Å². The summed E-state index contributed by atoms with van der Waals surface area (Å²) in [4.78, 5) is 11.1. The molecular weight excluding hydrogens is 356 g/mol. The number of H-pyrrole nitrogens is 1. The van der Waals surface area contributed by atoms with Crippen molar-refractivity contribution in [3.8, 4) is 11.5 Å². The van der Waals surface area contributed by atoms with Gasteiger partial charge in [-0.2, -0.15) is 13.2 Å². The molecule has 3 N–H and O–H groups in total. The van der Waals surface area contributed by atoms with Crippen molar-refractivity contribution in [1.29, 1.82) is 0 Å². The number of nitrogens with zero attached hydrogens (tertiary/aromatic N) is 1. The molecule has 142 valence electrons. The van der Waals surface area contributed by atoms with E-state index < -0.39 is 29.2 Å². The molecule has 1 aromatic heterocycles. The van der Waals surface area contributed by atoms with Gasteiger partial charge in [0.05, 0.1) is 11.6 Å². The molecule has 0 radical (unpaired) electrons. The van der Waals surface area contributed by atoms with Crippen molar-refractivity contribution in [1.82, 2.24) is 15.5 Å². The molecule has 1 aromatic carbocycles. The largest absolute Gasteiger partial charge is 0.434 e. The monoisotopic (exact) mass is 374 g/mol. The van der Waals surface area contributed by atoms with Crippen LogP contribution in [0.15, 0.2) is 27.4 Å². The number of halogens is 4. The molecule has 3 rings (SSSR count). The summed E-state index contributed by atoms with van der Waals surface area (Å²) in [5, 5.41) is 11.3. The fraction of sp³-hybridized carbons (Fsp3) is 0.500. The van der Waals surface area contributed by atoms with Crippen molar-refractivity contribution in [2.45, 2.75) is 37.7 Å². The Morgan fingerprint density at radius 1 is 1.31 bits per heavy atom. The molecule has 6 nitrogen and oxygen atoms in total. The van der Waals surface area contributed by atoms with E-state index >= 15 is 4.39 Å². The fourth-order valence-electron chi connectivity index (χ4n) is 3.04. The van der Waals surface area contributed by atoms with Gasteiger partial charge in [-0.25, -0.2) is 14.3 Å². The van der Waals surface area contributed by atoms with E-state index in [0.29, 0.717) is 13.1 Å². The molecule has 2 aromatic rings. The molecule has 1 atom stereocenters. The lowest BCUT2D eigenvalue weighted by molar-refractivity contribution is -0.137. The molecular formula is C16H18F4N4O2. The number of alkyl halides is 4. The molecule has 0 amide bonds. The number of aromatic amines is 1. The van der Waals surface area contributed by atoms with Crippen LogP contribution >= 0.6 is 0 Å². The normalized spacial score (nSPS) is 18.5. The van der Waals surface area contributed by atoms with Gasteiger partial charge in [0, 0.05) is 11.3 Å². The molecule has 0 spiro atoms. The number of anilines is 1. The Kier molecular flexibility index (Phi) is 4.78. The fourth-order valence-corrected chi connectivity index (χ4v) is 3.04. The van der Waals surface area contributed by atoms with Crippen LogP contribution in [0.4, 0.5) is 23.2 Å². The smallest absolute Gasteiger partial charge is 0.388 e.